The summed E-state index contributed by atoms with van der Waals surface area (Å²) in [7, 11) is -7.99. The number of benzene rings is 2. The van der Waals surface area contributed by atoms with Crippen molar-refractivity contribution in [3.8, 4) is 12.3 Å². The fourth-order valence-electron chi connectivity index (χ4n) is 4.07. The van der Waals surface area contributed by atoms with Gasteiger partial charge in [-0.1, -0.05) is 39.5 Å². The lowest BCUT2D eigenvalue weighted by Gasteiger charge is -2.36. The lowest BCUT2D eigenvalue weighted by Crippen LogP contribution is -2.49. The second kappa shape index (κ2) is 12.6. The van der Waals surface area contributed by atoms with Gasteiger partial charge in [-0.05, 0) is 18.2 Å². The number of piperazine rings is 1. The highest BCUT2D eigenvalue weighted by atomic mass is 79.9. The van der Waals surface area contributed by atoms with Crippen LogP contribution in [0.1, 0.15) is 5.56 Å². The molecule has 3 rings (SSSR count). The van der Waals surface area contributed by atoms with Gasteiger partial charge in [0.1, 0.15) is 4.90 Å². The average Bonchev–Trinajstić information content (AvgIpc) is 2.86. The molecule has 1 heterocycles. The van der Waals surface area contributed by atoms with Crippen LogP contribution in [0.15, 0.2) is 41.3 Å². The third-order valence-corrected chi connectivity index (χ3v) is 8.88. The molecule has 0 saturated carbocycles. The summed E-state index contributed by atoms with van der Waals surface area (Å²) in [6.45, 7) is 0.916. The predicted octanol–water partition coefficient (Wildman–Crippen LogP) is 2.92. The molecule has 0 radical (unpaired) electrons. The Morgan fingerprint density at radius 2 is 1.84 bits per heavy atom. The second-order valence-electron chi connectivity index (χ2n) is 8.31. The first-order valence-corrected chi connectivity index (χ1v) is 16.1. The molecular formula is C23H26BrClN4O7S2. The molecule has 0 bridgehead atoms. The van der Waals surface area contributed by atoms with E-state index in [1.165, 1.54) is 4.31 Å². The van der Waals surface area contributed by atoms with Crippen LogP contribution in [0.4, 0.5) is 17.1 Å². The van der Waals surface area contributed by atoms with Crippen molar-refractivity contribution < 1.29 is 25.9 Å². The van der Waals surface area contributed by atoms with Crippen molar-refractivity contribution in [2.24, 2.45) is 0 Å². The summed E-state index contributed by atoms with van der Waals surface area (Å²) in [4.78, 5) is 14.2. The second-order valence-corrected chi connectivity index (χ2v) is 13.1. The number of terminal acetylenes is 1. The smallest absolute Gasteiger partial charge is 0.272 e. The Hall–Kier alpha value is -2.41. The van der Waals surface area contributed by atoms with Crippen LogP contribution in [-0.2, 0) is 24.3 Å². The third kappa shape index (κ3) is 7.37. The van der Waals surface area contributed by atoms with Gasteiger partial charge in [-0.3, -0.25) is 14.3 Å². The summed E-state index contributed by atoms with van der Waals surface area (Å²) in [6, 6.07) is 9.35. The largest absolute Gasteiger partial charge is 0.369 e. The molecule has 0 spiro atoms. The molecule has 1 fully saturated rings. The van der Waals surface area contributed by atoms with Crippen LogP contribution in [0.3, 0.4) is 0 Å². The van der Waals surface area contributed by atoms with E-state index in [2.05, 4.69) is 21.9 Å². The van der Waals surface area contributed by atoms with E-state index in [-0.39, 0.29) is 48.9 Å². The molecule has 2 aromatic rings. The van der Waals surface area contributed by atoms with Gasteiger partial charge in [-0.25, -0.2) is 8.42 Å². The third-order valence-electron chi connectivity index (χ3n) is 5.79. The molecule has 0 amide bonds. The van der Waals surface area contributed by atoms with E-state index in [0.717, 1.165) is 24.1 Å². The van der Waals surface area contributed by atoms with Crippen molar-refractivity contribution in [1.29, 1.82) is 0 Å². The van der Waals surface area contributed by atoms with Crippen molar-refractivity contribution in [2.45, 2.75) is 4.90 Å². The number of nitro groups is 1. The van der Waals surface area contributed by atoms with Crippen LogP contribution >= 0.6 is 27.5 Å². The van der Waals surface area contributed by atoms with Gasteiger partial charge in [-0.2, -0.15) is 12.7 Å². The fraction of sp³-hybridized carbons (Fsp3) is 0.391. The molecule has 38 heavy (non-hydrogen) atoms. The fourth-order valence-corrected chi connectivity index (χ4v) is 6.73. The van der Waals surface area contributed by atoms with Gasteiger partial charge in [0, 0.05) is 67.4 Å². The van der Waals surface area contributed by atoms with E-state index in [0.29, 0.717) is 23.4 Å². The molecule has 1 saturated heterocycles. The molecule has 15 heteroatoms. The summed E-state index contributed by atoms with van der Waals surface area (Å²) in [5.41, 5.74) is 0.459. The highest BCUT2D eigenvalue weighted by Gasteiger charge is 2.34. The number of non-ortho nitro benzene ring substituents is 1. The van der Waals surface area contributed by atoms with Crippen LogP contribution in [-0.4, -0.2) is 83.5 Å². The predicted molar refractivity (Wildman–Crippen MR) is 150 cm³/mol. The van der Waals surface area contributed by atoms with Crippen molar-refractivity contribution in [3.63, 3.8) is 0 Å². The van der Waals surface area contributed by atoms with E-state index < -0.39 is 30.8 Å². The van der Waals surface area contributed by atoms with Crippen LogP contribution in [0.2, 0.25) is 5.02 Å². The Bertz CT molecular complexity index is 1440. The first kappa shape index (κ1) is 30.1. The number of hydrogen-bond acceptors (Lipinski definition) is 9. The van der Waals surface area contributed by atoms with Crippen molar-refractivity contribution in [1.82, 2.24) is 4.31 Å². The van der Waals surface area contributed by atoms with Crippen LogP contribution in [0.25, 0.3) is 0 Å². The molecule has 206 valence electrons. The maximum atomic E-state index is 13.9. The minimum Gasteiger partial charge on any atom is -0.369 e. The standard InChI is InChI=1S/C23H26BrClN4O7S2/c1-3-18-15-21(29(30)31)17-22(23(18)27(8-7-24)13-14-36-37(2,32)33)38(34,35)28-11-9-26(10-12-28)20-6-4-5-19(25)16-20/h1,4-6,15-17H,7-14H2,2H3. The zero-order valence-corrected chi connectivity index (χ0v) is 24.4. The van der Waals surface area contributed by atoms with Gasteiger partial charge < -0.3 is 9.80 Å². The first-order chi connectivity index (χ1) is 17.9. The lowest BCUT2D eigenvalue weighted by molar-refractivity contribution is -0.385. The Balaban J connectivity index is 2.01. The Morgan fingerprint density at radius 3 is 2.39 bits per heavy atom. The zero-order valence-electron chi connectivity index (χ0n) is 20.4. The summed E-state index contributed by atoms with van der Waals surface area (Å²) in [5, 5.41) is 12.6. The van der Waals surface area contributed by atoms with Gasteiger partial charge in [0.25, 0.3) is 15.8 Å². The molecule has 0 atom stereocenters. The van der Waals surface area contributed by atoms with Gasteiger partial charge in [-0.15, -0.1) is 6.42 Å². The van der Waals surface area contributed by atoms with Gasteiger partial charge in [0.2, 0.25) is 10.0 Å². The molecule has 0 N–H and O–H groups in total. The number of hydrogen-bond donors (Lipinski definition) is 0. The highest BCUT2D eigenvalue weighted by molar-refractivity contribution is 9.09. The molecular weight excluding hydrogens is 624 g/mol. The van der Waals surface area contributed by atoms with Gasteiger partial charge in [0.15, 0.2) is 0 Å². The molecule has 1 aliphatic rings. The maximum absolute atomic E-state index is 13.9. The number of nitro benzene ring substituents is 1. The van der Waals surface area contributed by atoms with Gasteiger partial charge in [0.05, 0.1) is 29.0 Å². The number of halogens is 2. The molecule has 0 unspecified atom stereocenters. The van der Waals surface area contributed by atoms with Crippen molar-refractivity contribution >= 4 is 64.7 Å². The van der Waals surface area contributed by atoms with E-state index in [1.54, 1.807) is 17.0 Å². The topological polar surface area (TPSA) is 130 Å². The number of anilines is 2. The first-order valence-electron chi connectivity index (χ1n) is 11.3. The Morgan fingerprint density at radius 1 is 1.16 bits per heavy atom. The number of sulfonamides is 1. The van der Waals surface area contributed by atoms with E-state index in [1.807, 2.05) is 17.0 Å². The minimum atomic E-state index is -4.25. The maximum Gasteiger partial charge on any atom is 0.272 e. The highest BCUT2D eigenvalue weighted by Crippen LogP contribution is 2.36. The molecule has 2 aromatic carbocycles. The van der Waals surface area contributed by atoms with Crippen molar-refractivity contribution in [3.05, 3.63) is 57.1 Å². The van der Waals surface area contributed by atoms with Crippen LogP contribution in [0.5, 0.6) is 0 Å². The Kier molecular flexibility index (Phi) is 10.0. The van der Waals surface area contributed by atoms with E-state index in [9.17, 15) is 26.9 Å². The SMILES string of the molecule is C#Cc1cc([N+](=O)[O-])cc(S(=O)(=O)N2CCN(c3cccc(Cl)c3)CC2)c1N(CCBr)CCOS(C)(=O)=O. The average molecular weight is 650 g/mol. The molecule has 1 aliphatic heterocycles. The van der Waals surface area contributed by atoms with Crippen molar-refractivity contribution in [2.75, 3.05) is 67.3 Å². The quantitative estimate of drug-likeness (QED) is 0.119. The van der Waals surface area contributed by atoms with Crippen LogP contribution < -0.4 is 9.80 Å². The summed E-state index contributed by atoms with van der Waals surface area (Å²) >= 11 is 9.41. The molecule has 0 aliphatic carbocycles. The monoisotopic (exact) mass is 648 g/mol. The normalized spacial score (nSPS) is 14.7. The minimum absolute atomic E-state index is 0.00403. The lowest BCUT2D eigenvalue weighted by atomic mass is 10.1. The Labute approximate surface area is 235 Å². The molecule has 0 aromatic heterocycles. The van der Waals surface area contributed by atoms with Crippen LogP contribution in [0, 0.1) is 22.5 Å². The van der Waals surface area contributed by atoms with Gasteiger partial charge >= 0.3 is 0 Å². The summed E-state index contributed by atoms with van der Waals surface area (Å²) < 4.78 is 56.9. The molecule has 11 nitrogen and oxygen atoms in total. The van der Waals surface area contributed by atoms with E-state index >= 15 is 0 Å². The zero-order chi connectivity index (χ0) is 28.1. The number of alkyl halides is 1. The number of nitrogens with zero attached hydrogens (tertiary/aromatic N) is 4. The number of rotatable bonds is 11. The summed E-state index contributed by atoms with van der Waals surface area (Å²) in [6.07, 6.45) is 6.58. The summed E-state index contributed by atoms with van der Waals surface area (Å²) in [5.74, 6) is 2.36. The van der Waals surface area contributed by atoms with E-state index in [4.69, 9.17) is 22.2 Å².